The van der Waals surface area contributed by atoms with Gasteiger partial charge in [0.05, 0.1) is 10.7 Å². The van der Waals surface area contributed by atoms with Crippen molar-refractivity contribution >= 4 is 22.9 Å². The van der Waals surface area contributed by atoms with Crippen LogP contribution in [0.15, 0.2) is 78.4 Å². The number of benzene rings is 2. The van der Waals surface area contributed by atoms with Gasteiger partial charge in [0.25, 0.3) is 5.91 Å². The van der Waals surface area contributed by atoms with Crippen LogP contribution < -0.4 is 14.8 Å². The summed E-state index contributed by atoms with van der Waals surface area (Å²) in [5.41, 5.74) is 2.13. The molecule has 0 aliphatic carbocycles. The summed E-state index contributed by atoms with van der Waals surface area (Å²) in [5.74, 6) is 1.87. The van der Waals surface area contributed by atoms with E-state index in [0.717, 1.165) is 10.7 Å². The minimum atomic E-state index is -0.195. The smallest absolute Gasteiger partial charge is 0.255 e. The van der Waals surface area contributed by atoms with Gasteiger partial charge in [-0.25, -0.2) is 4.98 Å². The molecule has 0 spiro atoms. The van der Waals surface area contributed by atoms with Crippen molar-refractivity contribution < 1.29 is 14.3 Å². The predicted octanol–water partition coefficient (Wildman–Crippen LogP) is 5.47. The van der Waals surface area contributed by atoms with E-state index in [-0.39, 0.29) is 5.91 Å². The van der Waals surface area contributed by atoms with Gasteiger partial charge in [-0.1, -0.05) is 0 Å². The molecular formula is C23H19N3O3S. The first-order valence-corrected chi connectivity index (χ1v) is 10.2. The molecule has 1 amide bonds. The van der Waals surface area contributed by atoms with Crippen LogP contribution in [0.4, 0.5) is 5.69 Å². The van der Waals surface area contributed by atoms with Crippen LogP contribution in [-0.4, -0.2) is 15.9 Å². The van der Waals surface area contributed by atoms with Crippen molar-refractivity contribution in [3.05, 3.63) is 94.7 Å². The molecule has 4 aromatic rings. The monoisotopic (exact) mass is 417 g/mol. The zero-order valence-electron chi connectivity index (χ0n) is 16.2. The van der Waals surface area contributed by atoms with Crippen LogP contribution in [0.3, 0.4) is 0 Å². The Hall–Kier alpha value is -3.71. The van der Waals surface area contributed by atoms with Crippen LogP contribution in [0.2, 0.25) is 0 Å². The maximum atomic E-state index is 12.5. The Balaban J connectivity index is 1.32. The lowest BCUT2D eigenvalue weighted by Gasteiger charge is -2.09. The number of amides is 1. The van der Waals surface area contributed by atoms with E-state index < -0.39 is 0 Å². The number of nitrogens with zero attached hydrogens (tertiary/aromatic N) is 2. The van der Waals surface area contributed by atoms with Crippen molar-refractivity contribution in [2.75, 3.05) is 5.32 Å². The zero-order chi connectivity index (χ0) is 20.8. The summed E-state index contributed by atoms with van der Waals surface area (Å²) < 4.78 is 11.4. The minimum absolute atomic E-state index is 0.195. The van der Waals surface area contributed by atoms with Gasteiger partial charge >= 0.3 is 0 Å². The number of nitrogens with one attached hydrogen (secondary N) is 1. The molecule has 4 rings (SSSR count). The molecule has 0 aliphatic rings. The van der Waals surface area contributed by atoms with E-state index in [0.29, 0.717) is 35.1 Å². The zero-order valence-corrected chi connectivity index (χ0v) is 17.1. The van der Waals surface area contributed by atoms with Gasteiger partial charge in [-0.3, -0.25) is 9.78 Å². The van der Waals surface area contributed by atoms with Crippen LogP contribution >= 0.6 is 11.3 Å². The van der Waals surface area contributed by atoms with Crippen molar-refractivity contribution in [1.29, 1.82) is 0 Å². The molecule has 0 saturated heterocycles. The number of carbonyl (C=O) groups excluding carboxylic acids is 1. The van der Waals surface area contributed by atoms with Gasteiger partial charge in [-0.15, -0.1) is 11.3 Å². The fourth-order valence-corrected chi connectivity index (χ4v) is 3.28. The van der Waals surface area contributed by atoms with Crippen LogP contribution in [0, 0.1) is 6.92 Å². The summed E-state index contributed by atoms with van der Waals surface area (Å²) in [5, 5.41) is 5.86. The van der Waals surface area contributed by atoms with Crippen LogP contribution in [0.5, 0.6) is 17.2 Å². The summed E-state index contributed by atoms with van der Waals surface area (Å²) >= 11 is 1.59. The Morgan fingerprint density at radius 1 is 0.933 bits per heavy atom. The number of hydrogen-bond acceptors (Lipinski definition) is 6. The Labute approximate surface area is 178 Å². The molecule has 30 heavy (non-hydrogen) atoms. The largest absolute Gasteiger partial charge is 0.487 e. The highest BCUT2D eigenvalue weighted by molar-refractivity contribution is 7.09. The maximum Gasteiger partial charge on any atom is 0.255 e. The van der Waals surface area contributed by atoms with E-state index in [2.05, 4.69) is 15.3 Å². The first kappa shape index (κ1) is 19.6. The molecule has 2 aromatic carbocycles. The Kier molecular flexibility index (Phi) is 6.01. The van der Waals surface area contributed by atoms with E-state index in [1.807, 2.05) is 12.3 Å². The summed E-state index contributed by atoms with van der Waals surface area (Å²) in [6, 6.07) is 17.8. The number of aromatic nitrogens is 2. The lowest BCUT2D eigenvalue weighted by Crippen LogP contribution is -2.11. The molecule has 0 saturated carbocycles. The van der Waals surface area contributed by atoms with Crippen LogP contribution in [-0.2, 0) is 6.61 Å². The average Bonchev–Trinajstić information content (AvgIpc) is 3.20. The van der Waals surface area contributed by atoms with E-state index >= 15 is 0 Å². The molecule has 2 aromatic heterocycles. The molecule has 7 heteroatoms. The van der Waals surface area contributed by atoms with Crippen molar-refractivity contribution in [3.63, 3.8) is 0 Å². The van der Waals surface area contributed by atoms with Crippen molar-refractivity contribution in [1.82, 2.24) is 9.97 Å². The highest BCUT2D eigenvalue weighted by atomic mass is 32.1. The van der Waals surface area contributed by atoms with Gasteiger partial charge in [-0.05, 0) is 67.6 Å². The molecule has 0 aliphatic heterocycles. The fourth-order valence-electron chi connectivity index (χ4n) is 2.69. The van der Waals surface area contributed by atoms with Crippen molar-refractivity contribution in [2.24, 2.45) is 0 Å². The summed E-state index contributed by atoms with van der Waals surface area (Å²) in [6.07, 6.45) is 3.33. The van der Waals surface area contributed by atoms with Gasteiger partial charge in [0.15, 0.2) is 0 Å². The summed E-state index contributed by atoms with van der Waals surface area (Å²) in [7, 11) is 0. The molecule has 0 radical (unpaired) electrons. The number of hydrogen-bond donors (Lipinski definition) is 1. The molecular weight excluding hydrogens is 398 g/mol. The summed E-state index contributed by atoms with van der Waals surface area (Å²) in [6.45, 7) is 2.37. The molecule has 0 unspecified atom stereocenters. The van der Waals surface area contributed by atoms with Crippen molar-refractivity contribution in [3.8, 4) is 17.2 Å². The lowest BCUT2D eigenvalue weighted by molar-refractivity contribution is 0.102. The number of rotatable bonds is 7. The Morgan fingerprint density at radius 2 is 1.60 bits per heavy atom. The number of anilines is 1. The molecule has 6 nitrogen and oxygen atoms in total. The van der Waals surface area contributed by atoms with Gasteiger partial charge in [-0.2, -0.15) is 0 Å². The normalized spacial score (nSPS) is 10.4. The average molecular weight is 417 g/mol. The predicted molar refractivity (Wildman–Crippen MR) is 116 cm³/mol. The third kappa shape index (κ3) is 5.21. The first-order chi connectivity index (χ1) is 14.7. The molecule has 0 atom stereocenters. The number of thiazole rings is 1. The van der Waals surface area contributed by atoms with E-state index in [4.69, 9.17) is 9.47 Å². The number of pyridine rings is 1. The SMILES string of the molecule is Cc1nc(COc2ccc(C(=O)Nc3ccc(Oc4ccncc4)cc3)cc2)cs1. The fraction of sp³-hybridized carbons (Fsp3) is 0.0870. The van der Waals surface area contributed by atoms with Gasteiger partial charge in [0, 0.05) is 29.0 Å². The van der Waals surface area contributed by atoms with Gasteiger partial charge in [0.1, 0.15) is 23.9 Å². The second kappa shape index (κ2) is 9.19. The van der Waals surface area contributed by atoms with Gasteiger partial charge in [0.2, 0.25) is 0 Å². The lowest BCUT2D eigenvalue weighted by atomic mass is 10.2. The molecule has 2 heterocycles. The molecule has 1 N–H and O–H groups in total. The number of ether oxygens (including phenoxy) is 2. The quantitative estimate of drug-likeness (QED) is 0.432. The molecule has 150 valence electrons. The number of aryl methyl sites for hydroxylation is 1. The standard InChI is InChI=1S/C23H19N3O3S/c1-16-25-19(15-30-16)14-28-20-6-2-17(3-7-20)23(27)26-18-4-8-21(9-5-18)29-22-10-12-24-13-11-22/h2-13,15H,14H2,1H3,(H,26,27). The van der Waals surface area contributed by atoms with Crippen molar-refractivity contribution in [2.45, 2.75) is 13.5 Å². The Morgan fingerprint density at radius 3 is 2.27 bits per heavy atom. The van der Waals surface area contributed by atoms with E-state index in [9.17, 15) is 4.79 Å². The first-order valence-electron chi connectivity index (χ1n) is 9.29. The van der Waals surface area contributed by atoms with E-state index in [1.54, 1.807) is 84.4 Å². The Bertz CT molecular complexity index is 1110. The molecule has 0 fully saturated rings. The van der Waals surface area contributed by atoms with Gasteiger partial charge < -0.3 is 14.8 Å². The highest BCUT2D eigenvalue weighted by Gasteiger charge is 2.07. The third-order valence-corrected chi connectivity index (χ3v) is 4.99. The third-order valence-electron chi connectivity index (χ3n) is 4.17. The van der Waals surface area contributed by atoms with Crippen LogP contribution in [0.1, 0.15) is 21.1 Å². The summed E-state index contributed by atoms with van der Waals surface area (Å²) in [4.78, 5) is 20.8. The second-order valence-electron chi connectivity index (χ2n) is 6.43. The number of carbonyl (C=O) groups is 1. The maximum absolute atomic E-state index is 12.5. The minimum Gasteiger partial charge on any atom is -0.487 e. The topological polar surface area (TPSA) is 73.3 Å². The highest BCUT2D eigenvalue weighted by Crippen LogP contribution is 2.23. The van der Waals surface area contributed by atoms with E-state index in [1.165, 1.54) is 0 Å². The molecule has 0 bridgehead atoms. The van der Waals surface area contributed by atoms with Crippen LogP contribution in [0.25, 0.3) is 0 Å². The second-order valence-corrected chi connectivity index (χ2v) is 7.50.